The molecule has 0 bridgehead atoms. The molecule has 4 unspecified atom stereocenters. The summed E-state index contributed by atoms with van der Waals surface area (Å²) in [5, 5.41) is 20.9. The van der Waals surface area contributed by atoms with Crippen molar-refractivity contribution in [2.45, 2.75) is 116 Å². The van der Waals surface area contributed by atoms with E-state index in [4.69, 9.17) is 6.42 Å². The molecule has 2 N–H and O–H groups in total. The minimum absolute atomic E-state index is 0.462. The van der Waals surface area contributed by atoms with E-state index < -0.39 is 11.2 Å². The Morgan fingerprint density at radius 2 is 1.94 bits per heavy atom. The Labute approximate surface area is 191 Å². The first-order chi connectivity index (χ1) is 14.5. The van der Waals surface area contributed by atoms with Crippen molar-refractivity contribution in [2.24, 2.45) is 40.9 Å². The largest absolute Gasteiger partial charge is 0.390 e. The normalized spacial score (nSPS) is 44.0. The van der Waals surface area contributed by atoms with Gasteiger partial charge in [-0.1, -0.05) is 31.4 Å². The van der Waals surface area contributed by atoms with Gasteiger partial charge < -0.3 is 10.2 Å². The Bertz CT molecular complexity index is 724. The molecule has 4 aliphatic carbocycles. The van der Waals surface area contributed by atoms with Crippen LogP contribution in [0.3, 0.4) is 0 Å². The van der Waals surface area contributed by atoms with Crippen molar-refractivity contribution in [3.8, 4) is 12.3 Å². The van der Waals surface area contributed by atoms with Gasteiger partial charge in [0.15, 0.2) is 0 Å². The zero-order valence-electron chi connectivity index (χ0n) is 20.5. The fraction of sp³-hybridized carbons (Fsp3) is 0.862. The lowest BCUT2D eigenvalue weighted by molar-refractivity contribution is -0.0141. The first kappa shape index (κ1) is 23.4. The molecule has 8 atom stereocenters. The van der Waals surface area contributed by atoms with Crippen molar-refractivity contribution in [3.63, 3.8) is 0 Å². The van der Waals surface area contributed by atoms with Crippen LogP contribution in [-0.4, -0.2) is 21.4 Å². The lowest BCUT2D eigenvalue weighted by Gasteiger charge is -2.51. The molecule has 0 aromatic heterocycles. The maximum absolute atomic E-state index is 10.7. The molecular weight excluding hydrogens is 380 g/mol. The van der Waals surface area contributed by atoms with Crippen LogP contribution in [0.25, 0.3) is 0 Å². The van der Waals surface area contributed by atoms with Crippen LogP contribution in [0.2, 0.25) is 0 Å². The highest BCUT2D eigenvalue weighted by atomic mass is 16.3. The van der Waals surface area contributed by atoms with Crippen molar-refractivity contribution < 1.29 is 10.2 Å². The number of hydrogen-bond acceptors (Lipinski definition) is 2. The summed E-state index contributed by atoms with van der Waals surface area (Å²) in [7, 11) is 0. The second kappa shape index (κ2) is 8.53. The third-order valence-electron chi connectivity index (χ3n) is 10.3. The highest BCUT2D eigenvalue weighted by Gasteiger charge is 2.54. The molecule has 174 valence electrons. The number of hydrogen-bond donors (Lipinski definition) is 2. The van der Waals surface area contributed by atoms with Gasteiger partial charge in [-0.3, -0.25) is 0 Å². The molecule has 0 aromatic carbocycles. The molecular formula is C29H46O2. The predicted octanol–water partition coefficient (Wildman–Crippen LogP) is 6.51. The minimum Gasteiger partial charge on any atom is -0.390 e. The van der Waals surface area contributed by atoms with Crippen molar-refractivity contribution in [1.29, 1.82) is 0 Å². The van der Waals surface area contributed by atoms with Gasteiger partial charge in [0.25, 0.3) is 0 Å². The Balaban J connectivity index is 1.50. The number of allylic oxidation sites excluding steroid dienone is 1. The zero-order chi connectivity index (χ0) is 22.4. The average molecular weight is 427 g/mol. The van der Waals surface area contributed by atoms with Gasteiger partial charge in [-0.25, -0.2) is 0 Å². The van der Waals surface area contributed by atoms with Crippen molar-refractivity contribution in [2.75, 3.05) is 0 Å². The fourth-order valence-corrected chi connectivity index (χ4v) is 8.40. The van der Waals surface area contributed by atoms with Gasteiger partial charge in [-0.05, 0) is 125 Å². The SMILES string of the molecule is C#C[C@]1(O)CC[C@H]2CCC3CC[C@@]4(C)C(CC[C@@H]4C(C)CCC(C)(C)O)C3CC=C2C1. The first-order valence-corrected chi connectivity index (χ1v) is 13.2. The molecule has 0 spiro atoms. The van der Waals surface area contributed by atoms with Gasteiger partial charge in [-0.2, -0.15) is 0 Å². The third kappa shape index (κ3) is 4.65. The maximum Gasteiger partial charge on any atom is 0.128 e. The summed E-state index contributed by atoms with van der Waals surface area (Å²) in [5.74, 6) is 7.36. The molecule has 0 heterocycles. The lowest BCUT2D eigenvalue weighted by Crippen LogP contribution is -2.43. The lowest BCUT2D eigenvalue weighted by atomic mass is 9.54. The van der Waals surface area contributed by atoms with Crippen LogP contribution < -0.4 is 0 Å². The predicted molar refractivity (Wildman–Crippen MR) is 128 cm³/mol. The zero-order valence-corrected chi connectivity index (χ0v) is 20.5. The topological polar surface area (TPSA) is 40.5 Å². The van der Waals surface area contributed by atoms with E-state index in [1.165, 1.54) is 50.5 Å². The summed E-state index contributed by atoms with van der Waals surface area (Å²) in [5.41, 5.74) is 0.471. The monoisotopic (exact) mass is 426 g/mol. The first-order valence-electron chi connectivity index (χ1n) is 13.2. The minimum atomic E-state index is -0.906. The smallest absolute Gasteiger partial charge is 0.128 e. The molecule has 0 amide bonds. The summed E-state index contributed by atoms with van der Waals surface area (Å²) in [6.45, 7) is 8.96. The summed E-state index contributed by atoms with van der Waals surface area (Å²) < 4.78 is 0. The van der Waals surface area contributed by atoms with Gasteiger partial charge in [0, 0.05) is 6.42 Å². The molecule has 4 rings (SSSR count). The molecule has 0 aliphatic heterocycles. The Kier molecular flexibility index (Phi) is 6.44. The van der Waals surface area contributed by atoms with Crippen LogP contribution in [-0.2, 0) is 0 Å². The molecule has 3 saturated carbocycles. The second-order valence-electron chi connectivity index (χ2n) is 12.8. The summed E-state index contributed by atoms with van der Waals surface area (Å²) >= 11 is 0. The van der Waals surface area contributed by atoms with Crippen molar-refractivity contribution >= 4 is 0 Å². The number of terminal acetylenes is 1. The van der Waals surface area contributed by atoms with Gasteiger partial charge in [0.2, 0.25) is 0 Å². The van der Waals surface area contributed by atoms with E-state index in [2.05, 4.69) is 25.8 Å². The molecule has 2 heteroatoms. The van der Waals surface area contributed by atoms with Gasteiger partial charge in [0.1, 0.15) is 5.60 Å². The Hall–Kier alpha value is -0.780. The van der Waals surface area contributed by atoms with Crippen molar-refractivity contribution in [3.05, 3.63) is 11.6 Å². The molecule has 0 radical (unpaired) electrons. The van der Waals surface area contributed by atoms with Crippen LogP contribution in [0.5, 0.6) is 0 Å². The van der Waals surface area contributed by atoms with Crippen LogP contribution >= 0.6 is 0 Å². The fourth-order valence-electron chi connectivity index (χ4n) is 8.40. The van der Waals surface area contributed by atoms with Crippen LogP contribution in [0.4, 0.5) is 0 Å². The van der Waals surface area contributed by atoms with Gasteiger partial charge >= 0.3 is 0 Å². The number of aliphatic hydroxyl groups is 2. The Morgan fingerprint density at radius 1 is 1.16 bits per heavy atom. The number of rotatable bonds is 4. The average Bonchev–Trinajstić information content (AvgIpc) is 3.05. The van der Waals surface area contributed by atoms with E-state index >= 15 is 0 Å². The molecule has 0 aromatic rings. The van der Waals surface area contributed by atoms with E-state index in [9.17, 15) is 10.2 Å². The summed E-state index contributed by atoms with van der Waals surface area (Å²) in [4.78, 5) is 0. The van der Waals surface area contributed by atoms with Gasteiger partial charge in [-0.15, -0.1) is 6.42 Å². The van der Waals surface area contributed by atoms with Gasteiger partial charge in [0.05, 0.1) is 5.60 Å². The van der Waals surface area contributed by atoms with E-state index in [0.717, 1.165) is 49.4 Å². The third-order valence-corrected chi connectivity index (χ3v) is 10.3. The quantitative estimate of drug-likeness (QED) is 0.397. The molecule has 0 saturated heterocycles. The van der Waals surface area contributed by atoms with E-state index in [0.29, 0.717) is 23.7 Å². The molecule has 2 nitrogen and oxygen atoms in total. The standard InChI is InChI=1S/C29H46O2/c1-6-29(31)18-15-21-7-8-22-14-17-28(5)25(20(2)13-16-27(3,4)30)11-12-26(28)24(22)10-9-23(21)19-29/h1,9,20-22,24-26,30-31H,7-8,10-19H2,2-5H3/t20?,21-,22?,24?,25-,26?,28-,29+/m1/s1. The summed E-state index contributed by atoms with van der Waals surface area (Å²) in [6, 6.07) is 0. The summed E-state index contributed by atoms with van der Waals surface area (Å²) in [6.07, 6.45) is 22.2. The van der Waals surface area contributed by atoms with Crippen molar-refractivity contribution in [1.82, 2.24) is 0 Å². The number of fused-ring (bicyclic) bond motifs is 4. The molecule has 4 aliphatic rings. The van der Waals surface area contributed by atoms with Crippen LogP contribution in [0.1, 0.15) is 105 Å². The van der Waals surface area contributed by atoms with E-state index in [1.54, 1.807) is 0 Å². The highest BCUT2D eigenvalue weighted by Crippen LogP contribution is 2.63. The Morgan fingerprint density at radius 3 is 2.65 bits per heavy atom. The molecule has 3 fully saturated rings. The van der Waals surface area contributed by atoms with E-state index in [1.807, 2.05) is 13.8 Å². The van der Waals surface area contributed by atoms with Crippen LogP contribution in [0.15, 0.2) is 11.6 Å². The maximum atomic E-state index is 10.7. The highest BCUT2D eigenvalue weighted by molar-refractivity contribution is 5.23. The van der Waals surface area contributed by atoms with Crippen LogP contribution in [0, 0.1) is 53.3 Å². The van der Waals surface area contributed by atoms with E-state index in [-0.39, 0.29) is 0 Å². The molecule has 31 heavy (non-hydrogen) atoms. The second-order valence-corrected chi connectivity index (χ2v) is 12.8.